The predicted molar refractivity (Wildman–Crippen MR) is 188 cm³/mol. The van der Waals surface area contributed by atoms with E-state index >= 15 is 0 Å². The van der Waals surface area contributed by atoms with E-state index in [4.69, 9.17) is 30.8 Å². The highest BCUT2D eigenvalue weighted by atomic mass is 35.5. The van der Waals surface area contributed by atoms with Crippen molar-refractivity contribution < 1.29 is 27.8 Å². The Hall–Kier alpha value is -4.46. The van der Waals surface area contributed by atoms with Crippen LogP contribution in [0.1, 0.15) is 45.1 Å². The fourth-order valence-corrected chi connectivity index (χ4v) is 7.66. The third kappa shape index (κ3) is 7.49. The number of rotatable bonds is 12. The number of thiophene rings is 1. The number of esters is 1. The molecule has 4 aromatic heterocycles. The van der Waals surface area contributed by atoms with Crippen molar-refractivity contribution in [2.24, 2.45) is 0 Å². The Balaban J connectivity index is 1.23. The standard InChI is InChI=1S/C36H36ClF2N5O5S/c1-20-13-26(34-33(41-20)28(19-50-34)36(46)48-4)25-15-23(37)5-8-30(25)49-12-11-44-21(2)42-29-7-6-24(16-27(29)35(44)45)43(18-31(38)39)17-22-9-10-40-32(14-22)47-3/h5,8-10,13-15,19,24,31H,6-7,11-12,16-18H2,1-4H3. The van der Waals surface area contributed by atoms with Crippen LogP contribution in [0.3, 0.4) is 0 Å². The van der Waals surface area contributed by atoms with Gasteiger partial charge in [0.1, 0.15) is 18.2 Å². The zero-order valence-corrected chi connectivity index (χ0v) is 29.6. The van der Waals surface area contributed by atoms with Crippen LogP contribution in [-0.2, 0) is 30.7 Å². The first-order valence-corrected chi connectivity index (χ1v) is 17.3. The number of benzene rings is 1. The maximum atomic E-state index is 13.9. The summed E-state index contributed by atoms with van der Waals surface area (Å²) in [5.41, 5.74) is 5.00. The van der Waals surface area contributed by atoms with Gasteiger partial charge in [0.25, 0.3) is 12.0 Å². The van der Waals surface area contributed by atoms with Gasteiger partial charge in [0.2, 0.25) is 5.88 Å². The summed E-state index contributed by atoms with van der Waals surface area (Å²) < 4.78 is 46.4. The minimum absolute atomic E-state index is 0.145. The summed E-state index contributed by atoms with van der Waals surface area (Å²) in [6.45, 7) is 3.84. The molecule has 1 aromatic carbocycles. The molecule has 262 valence electrons. The number of pyridine rings is 2. The zero-order chi connectivity index (χ0) is 35.5. The molecule has 0 aliphatic heterocycles. The van der Waals surface area contributed by atoms with Gasteiger partial charge in [-0.2, -0.15) is 0 Å². The summed E-state index contributed by atoms with van der Waals surface area (Å²) in [7, 11) is 2.84. The van der Waals surface area contributed by atoms with Crippen LogP contribution in [0.15, 0.2) is 52.8 Å². The summed E-state index contributed by atoms with van der Waals surface area (Å²) in [4.78, 5) is 41.5. The van der Waals surface area contributed by atoms with E-state index in [1.165, 1.54) is 25.6 Å². The van der Waals surface area contributed by atoms with Gasteiger partial charge >= 0.3 is 5.97 Å². The Morgan fingerprint density at radius 2 is 1.96 bits per heavy atom. The highest BCUT2D eigenvalue weighted by Gasteiger charge is 2.30. The van der Waals surface area contributed by atoms with Crippen molar-refractivity contribution in [3.05, 3.63) is 97.3 Å². The number of fused-ring (bicyclic) bond motifs is 2. The molecular formula is C36H36ClF2N5O5S. The average Bonchev–Trinajstić information content (AvgIpc) is 3.52. The summed E-state index contributed by atoms with van der Waals surface area (Å²) >= 11 is 7.82. The van der Waals surface area contributed by atoms with E-state index in [0.29, 0.717) is 75.3 Å². The SMILES string of the molecule is COC(=O)c1csc2c(-c3cc(Cl)ccc3OCCn3c(C)nc4c(c3=O)CC(N(Cc3ccnc(OC)c3)CC(F)F)CC4)cc(C)nc12. The van der Waals surface area contributed by atoms with Gasteiger partial charge in [-0.15, -0.1) is 11.3 Å². The van der Waals surface area contributed by atoms with Crippen molar-refractivity contribution in [1.29, 1.82) is 0 Å². The van der Waals surface area contributed by atoms with Gasteiger partial charge in [0.05, 0.1) is 48.8 Å². The van der Waals surface area contributed by atoms with E-state index in [1.807, 2.05) is 13.0 Å². The normalized spacial score (nSPS) is 14.3. The predicted octanol–water partition coefficient (Wildman–Crippen LogP) is 6.68. The molecule has 1 unspecified atom stereocenters. The summed E-state index contributed by atoms with van der Waals surface area (Å²) in [6, 6.07) is 10.5. The number of carbonyl (C=O) groups excluding carboxylic acids is 1. The molecule has 0 saturated carbocycles. The lowest BCUT2D eigenvalue weighted by molar-refractivity contribution is 0.0560. The molecule has 14 heteroatoms. The third-order valence-corrected chi connectivity index (χ3v) is 10.1. The van der Waals surface area contributed by atoms with Crippen molar-refractivity contribution in [2.75, 3.05) is 27.4 Å². The van der Waals surface area contributed by atoms with Gasteiger partial charge in [-0.3, -0.25) is 19.2 Å². The van der Waals surface area contributed by atoms with E-state index in [2.05, 4.69) is 9.97 Å². The fraction of sp³-hybridized carbons (Fsp3) is 0.361. The topological polar surface area (TPSA) is 109 Å². The molecule has 0 saturated heterocycles. The third-order valence-electron chi connectivity index (χ3n) is 8.84. The second-order valence-corrected chi connectivity index (χ2v) is 13.4. The summed E-state index contributed by atoms with van der Waals surface area (Å²) in [5.74, 6) is 1.04. The Morgan fingerprint density at radius 3 is 2.72 bits per heavy atom. The van der Waals surface area contributed by atoms with Crippen LogP contribution in [-0.4, -0.2) is 70.2 Å². The molecule has 4 heterocycles. The number of aromatic nitrogens is 4. The van der Waals surface area contributed by atoms with Crippen molar-refractivity contribution in [2.45, 2.75) is 58.7 Å². The molecule has 10 nitrogen and oxygen atoms in total. The maximum Gasteiger partial charge on any atom is 0.340 e. The Kier molecular flexibility index (Phi) is 10.7. The molecule has 0 amide bonds. The van der Waals surface area contributed by atoms with Crippen LogP contribution < -0.4 is 15.0 Å². The van der Waals surface area contributed by atoms with E-state index in [9.17, 15) is 18.4 Å². The second-order valence-electron chi connectivity index (χ2n) is 12.1. The van der Waals surface area contributed by atoms with Crippen LogP contribution in [0, 0.1) is 13.8 Å². The number of methoxy groups -OCH3 is 2. The Bertz CT molecular complexity index is 2110. The van der Waals surface area contributed by atoms with Gasteiger partial charge in [-0.25, -0.2) is 23.5 Å². The van der Waals surface area contributed by atoms with Crippen LogP contribution in [0.5, 0.6) is 11.6 Å². The molecule has 0 bridgehead atoms. The molecule has 1 atom stereocenters. The molecule has 50 heavy (non-hydrogen) atoms. The quantitative estimate of drug-likeness (QED) is 0.130. The van der Waals surface area contributed by atoms with Gasteiger partial charge in [-0.1, -0.05) is 11.6 Å². The van der Waals surface area contributed by atoms with Crippen LogP contribution in [0.4, 0.5) is 8.78 Å². The molecule has 0 spiro atoms. The molecule has 6 rings (SSSR count). The largest absolute Gasteiger partial charge is 0.491 e. The average molecular weight is 724 g/mol. The number of carbonyl (C=O) groups is 1. The van der Waals surface area contributed by atoms with Crippen LogP contribution in [0.25, 0.3) is 21.3 Å². The fourth-order valence-electron chi connectivity index (χ4n) is 6.48. The van der Waals surface area contributed by atoms with Crippen LogP contribution in [0.2, 0.25) is 5.02 Å². The van der Waals surface area contributed by atoms with Crippen molar-refractivity contribution in [3.63, 3.8) is 0 Å². The van der Waals surface area contributed by atoms with Crippen LogP contribution >= 0.6 is 22.9 Å². The molecule has 0 N–H and O–H groups in total. The lowest BCUT2D eigenvalue weighted by Gasteiger charge is -2.35. The number of halogens is 3. The summed E-state index contributed by atoms with van der Waals surface area (Å²) in [6.07, 6.45) is 0.483. The van der Waals surface area contributed by atoms with E-state index in [-0.39, 0.29) is 31.3 Å². The lowest BCUT2D eigenvalue weighted by Crippen LogP contribution is -2.44. The number of ether oxygens (including phenoxy) is 3. The number of nitrogens with zero attached hydrogens (tertiary/aromatic N) is 5. The molecule has 0 fully saturated rings. The maximum absolute atomic E-state index is 13.9. The Morgan fingerprint density at radius 1 is 1.14 bits per heavy atom. The summed E-state index contributed by atoms with van der Waals surface area (Å²) in [5, 5.41) is 2.23. The molecule has 5 aromatic rings. The molecule has 1 aliphatic carbocycles. The van der Waals surface area contributed by atoms with E-state index in [0.717, 1.165) is 15.8 Å². The molecule has 0 radical (unpaired) electrons. The van der Waals surface area contributed by atoms with Crippen molar-refractivity contribution in [3.8, 4) is 22.8 Å². The number of alkyl halides is 2. The highest BCUT2D eigenvalue weighted by Crippen LogP contribution is 2.40. The Labute approximate surface area is 296 Å². The van der Waals surface area contributed by atoms with E-state index < -0.39 is 18.9 Å². The van der Waals surface area contributed by atoms with Gasteiger partial charge in [0.15, 0.2) is 0 Å². The molecule has 1 aliphatic rings. The smallest absolute Gasteiger partial charge is 0.340 e. The van der Waals surface area contributed by atoms with E-state index in [1.54, 1.807) is 58.3 Å². The number of aryl methyl sites for hydroxylation is 3. The first-order chi connectivity index (χ1) is 24.1. The number of hydrogen-bond acceptors (Lipinski definition) is 10. The van der Waals surface area contributed by atoms with Gasteiger partial charge in [0, 0.05) is 57.6 Å². The minimum atomic E-state index is -2.54. The lowest BCUT2D eigenvalue weighted by atomic mass is 9.91. The zero-order valence-electron chi connectivity index (χ0n) is 28.0. The van der Waals surface area contributed by atoms with Crippen molar-refractivity contribution >= 4 is 39.1 Å². The first-order valence-electron chi connectivity index (χ1n) is 16.1. The number of hydrogen-bond donors (Lipinski definition) is 0. The minimum Gasteiger partial charge on any atom is -0.491 e. The van der Waals surface area contributed by atoms with Gasteiger partial charge in [-0.05, 0) is 69.0 Å². The second kappa shape index (κ2) is 15.2. The molecular weight excluding hydrogens is 688 g/mol. The van der Waals surface area contributed by atoms with Crippen molar-refractivity contribution in [1.82, 2.24) is 24.4 Å². The van der Waals surface area contributed by atoms with Gasteiger partial charge < -0.3 is 14.2 Å². The monoisotopic (exact) mass is 723 g/mol. The first kappa shape index (κ1) is 35.4. The highest BCUT2D eigenvalue weighted by molar-refractivity contribution is 7.18.